The molecule has 0 aromatic heterocycles. The molecule has 3 rings (SSSR count). The summed E-state index contributed by atoms with van der Waals surface area (Å²) >= 11 is 3.38. The van der Waals surface area contributed by atoms with Crippen molar-refractivity contribution in [3.8, 4) is 16.9 Å². The number of ether oxygens (including phenoxy) is 2. The molecule has 0 amide bonds. The third-order valence-corrected chi connectivity index (χ3v) is 4.10. The van der Waals surface area contributed by atoms with Crippen LogP contribution in [0.15, 0.2) is 83.3 Å². The monoisotopic (exact) mass is 396 g/mol. The van der Waals surface area contributed by atoms with Gasteiger partial charge in [-0.3, -0.25) is 0 Å². The van der Waals surface area contributed by atoms with Crippen LogP contribution in [0, 0.1) is 0 Å². The molecule has 0 atom stereocenters. The van der Waals surface area contributed by atoms with Crippen molar-refractivity contribution in [3.05, 3.63) is 88.9 Å². The fourth-order valence-electron chi connectivity index (χ4n) is 2.36. The van der Waals surface area contributed by atoms with Crippen molar-refractivity contribution < 1.29 is 14.3 Å². The predicted octanol–water partition coefficient (Wildman–Crippen LogP) is 5.35. The van der Waals surface area contributed by atoms with Crippen LogP contribution in [0.5, 0.6) is 5.75 Å². The highest BCUT2D eigenvalue weighted by molar-refractivity contribution is 9.10. The van der Waals surface area contributed by atoms with Crippen molar-refractivity contribution >= 4 is 21.9 Å². The van der Waals surface area contributed by atoms with Crippen LogP contribution in [0.1, 0.15) is 10.4 Å². The second-order valence-electron chi connectivity index (χ2n) is 5.39. The molecule has 0 aliphatic carbocycles. The highest BCUT2D eigenvalue weighted by atomic mass is 79.9. The largest absolute Gasteiger partial charge is 0.490 e. The molecule has 0 saturated heterocycles. The maximum Gasteiger partial charge on any atom is 0.338 e. The van der Waals surface area contributed by atoms with Gasteiger partial charge in [-0.2, -0.15) is 0 Å². The van der Waals surface area contributed by atoms with Crippen LogP contribution in [0.4, 0.5) is 0 Å². The number of carbonyl (C=O) groups is 1. The molecule has 0 radical (unpaired) electrons. The first-order valence-electron chi connectivity index (χ1n) is 7.93. The van der Waals surface area contributed by atoms with Gasteiger partial charge in [0.1, 0.15) is 19.0 Å². The lowest BCUT2D eigenvalue weighted by Gasteiger charge is -2.08. The average molecular weight is 397 g/mol. The lowest BCUT2D eigenvalue weighted by atomic mass is 10.0. The Balaban J connectivity index is 1.50. The molecule has 0 spiro atoms. The minimum Gasteiger partial charge on any atom is -0.490 e. The Labute approximate surface area is 155 Å². The molecule has 0 fully saturated rings. The smallest absolute Gasteiger partial charge is 0.338 e. The van der Waals surface area contributed by atoms with E-state index in [4.69, 9.17) is 9.47 Å². The maximum absolute atomic E-state index is 12.1. The molecule has 4 heteroatoms. The molecule has 0 heterocycles. The van der Waals surface area contributed by atoms with Crippen LogP contribution < -0.4 is 4.74 Å². The van der Waals surface area contributed by atoms with Gasteiger partial charge in [0.15, 0.2) is 0 Å². The highest BCUT2D eigenvalue weighted by Gasteiger charge is 2.07. The average Bonchev–Trinajstić information content (AvgIpc) is 2.66. The lowest BCUT2D eigenvalue weighted by molar-refractivity contribution is 0.0450. The van der Waals surface area contributed by atoms with Gasteiger partial charge in [-0.1, -0.05) is 64.5 Å². The summed E-state index contributed by atoms with van der Waals surface area (Å²) in [5, 5.41) is 0. The summed E-state index contributed by atoms with van der Waals surface area (Å²) in [6.07, 6.45) is 0. The molecular formula is C21H17BrO3. The van der Waals surface area contributed by atoms with Crippen molar-refractivity contribution in [3.63, 3.8) is 0 Å². The number of carbonyl (C=O) groups excluding carboxylic acids is 1. The van der Waals surface area contributed by atoms with E-state index < -0.39 is 0 Å². The van der Waals surface area contributed by atoms with Crippen LogP contribution in [0.2, 0.25) is 0 Å². The Morgan fingerprint density at radius 2 is 1.52 bits per heavy atom. The lowest BCUT2D eigenvalue weighted by Crippen LogP contribution is -2.12. The molecule has 0 bridgehead atoms. The Hall–Kier alpha value is -2.59. The fraction of sp³-hybridized carbons (Fsp3) is 0.0952. The van der Waals surface area contributed by atoms with Gasteiger partial charge in [-0.05, 0) is 41.5 Å². The van der Waals surface area contributed by atoms with Crippen molar-refractivity contribution in [2.45, 2.75) is 0 Å². The van der Waals surface area contributed by atoms with E-state index in [9.17, 15) is 4.79 Å². The van der Waals surface area contributed by atoms with Crippen LogP contribution >= 0.6 is 15.9 Å². The van der Waals surface area contributed by atoms with E-state index in [1.54, 1.807) is 12.1 Å². The van der Waals surface area contributed by atoms with E-state index in [0.29, 0.717) is 12.2 Å². The van der Waals surface area contributed by atoms with Crippen LogP contribution in [0.3, 0.4) is 0 Å². The summed E-state index contributed by atoms with van der Waals surface area (Å²) in [5.74, 6) is 0.384. The molecule has 0 N–H and O–H groups in total. The Kier molecular flexibility index (Phi) is 5.86. The van der Waals surface area contributed by atoms with E-state index in [0.717, 1.165) is 21.3 Å². The zero-order valence-corrected chi connectivity index (χ0v) is 15.1. The first-order valence-corrected chi connectivity index (χ1v) is 8.73. The molecule has 0 aliphatic heterocycles. The van der Waals surface area contributed by atoms with Gasteiger partial charge >= 0.3 is 5.97 Å². The molecule has 126 valence electrons. The summed E-state index contributed by atoms with van der Waals surface area (Å²) in [7, 11) is 0. The molecular weight excluding hydrogens is 380 g/mol. The normalized spacial score (nSPS) is 10.3. The SMILES string of the molecule is O=C(OCCOc1cccc(Br)c1)c1ccc(-c2ccccc2)cc1. The van der Waals surface area contributed by atoms with Gasteiger partial charge in [0.2, 0.25) is 0 Å². The second kappa shape index (κ2) is 8.49. The van der Waals surface area contributed by atoms with Crippen molar-refractivity contribution in [1.82, 2.24) is 0 Å². The van der Waals surface area contributed by atoms with Crippen LogP contribution in [-0.2, 0) is 4.74 Å². The second-order valence-corrected chi connectivity index (χ2v) is 6.30. The first-order chi connectivity index (χ1) is 12.2. The number of hydrogen-bond acceptors (Lipinski definition) is 3. The molecule has 3 aromatic rings. The Morgan fingerprint density at radius 1 is 0.800 bits per heavy atom. The third-order valence-electron chi connectivity index (χ3n) is 3.61. The summed E-state index contributed by atoms with van der Waals surface area (Å²) in [6, 6.07) is 25.0. The van der Waals surface area contributed by atoms with Crippen molar-refractivity contribution in [2.24, 2.45) is 0 Å². The molecule has 0 aliphatic rings. The van der Waals surface area contributed by atoms with Crippen LogP contribution in [0.25, 0.3) is 11.1 Å². The van der Waals surface area contributed by atoms with Crippen LogP contribution in [-0.4, -0.2) is 19.2 Å². The molecule has 0 unspecified atom stereocenters. The highest BCUT2D eigenvalue weighted by Crippen LogP contribution is 2.20. The summed E-state index contributed by atoms with van der Waals surface area (Å²) in [4.78, 5) is 12.1. The van der Waals surface area contributed by atoms with Gasteiger partial charge in [0.05, 0.1) is 5.56 Å². The number of halogens is 1. The number of hydrogen-bond donors (Lipinski definition) is 0. The van der Waals surface area contributed by atoms with E-state index in [-0.39, 0.29) is 12.6 Å². The van der Waals surface area contributed by atoms with Gasteiger partial charge in [0.25, 0.3) is 0 Å². The maximum atomic E-state index is 12.1. The molecule has 3 nitrogen and oxygen atoms in total. The van der Waals surface area contributed by atoms with Crippen molar-refractivity contribution in [1.29, 1.82) is 0 Å². The standard InChI is InChI=1S/C21H17BrO3/c22-19-7-4-8-20(15-19)24-13-14-25-21(23)18-11-9-17(10-12-18)16-5-2-1-3-6-16/h1-12,15H,13-14H2. The fourth-order valence-corrected chi connectivity index (χ4v) is 2.74. The summed E-state index contributed by atoms with van der Waals surface area (Å²) in [5.41, 5.74) is 2.71. The van der Waals surface area contributed by atoms with E-state index in [1.807, 2.05) is 66.7 Å². The Bertz CT molecular complexity index is 829. The van der Waals surface area contributed by atoms with Crippen molar-refractivity contribution in [2.75, 3.05) is 13.2 Å². The van der Waals surface area contributed by atoms with Gasteiger partial charge in [-0.15, -0.1) is 0 Å². The zero-order valence-electron chi connectivity index (χ0n) is 13.5. The minimum atomic E-state index is -0.350. The van der Waals surface area contributed by atoms with Gasteiger partial charge < -0.3 is 9.47 Å². The van der Waals surface area contributed by atoms with E-state index in [2.05, 4.69) is 15.9 Å². The van der Waals surface area contributed by atoms with Gasteiger partial charge in [-0.25, -0.2) is 4.79 Å². The number of rotatable bonds is 6. The Morgan fingerprint density at radius 3 is 2.24 bits per heavy atom. The minimum absolute atomic E-state index is 0.200. The number of esters is 1. The molecule has 25 heavy (non-hydrogen) atoms. The first kappa shape index (κ1) is 17.2. The predicted molar refractivity (Wildman–Crippen MR) is 102 cm³/mol. The zero-order chi connectivity index (χ0) is 17.5. The number of benzene rings is 3. The van der Waals surface area contributed by atoms with E-state index in [1.165, 1.54) is 0 Å². The third kappa shape index (κ3) is 4.94. The molecule has 3 aromatic carbocycles. The quantitative estimate of drug-likeness (QED) is 0.416. The summed E-state index contributed by atoms with van der Waals surface area (Å²) < 4.78 is 11.7. The summed E-state index contributed by atoms with van der Waals surface area (Å²) in [6.45, 7) is 0.510. The molecule has 0 saturated carbocycles. The topological polar surface area (TPSA) is 35.5 Å². The van der Waals surface area contributed by atoms with E-state index >= 15 is 0 Å². The van der Waals surface area contributed by atoms with Gasteiger partial charge in [0, 0.05) is 4.47 Å².